The van der Waals surface area contributed by atoms with Crippen molar-refractivity contribution in [1.29, 1.82) is 0 Å². The Morgan fingerprint density at radius 1 is 0.935 bits per heavy atom. The normalized spacial score (nSPS) is 10.8. The van der Waals surface area contributed by atoms with E-state index in [2.05, 4.69) is 4.98 Å². The number of imidazole rings is 1. The zero-order chi connectivity index (χ0) is 21.8. The Kier molecular flexibility index (Phi) is 5.75. The molecule has 4 rings (SSSR count). The number of carbonyl (C=O) groups is 2. The average Bonchev–Trinajstić information content (AvgIpc) is 3.15. The molecule has 2 heterocycles. The number of hydrogen-bond acceptors (Lipinski definition) is 4. The van der Waals surface area contributed by atoms with Crippen LogP contribution in [0.15, 0.2) is 79.1 Å². The van der Waals surface area contributed by atoms with E-state index in [9.17, 15) is 9.59 Å². The number of hydrogen-bond donors (Lipinski definition) is 0. The second-order valence-corrected chi connectivity index (χ2v) is 7.29. The Labute approximate surface area is 180 Å². The Balaban J connectivity index is 1.61. The Morgan fingerprint density at radius 2 is 1.68 bits per heavy atom. The molecule has 7 heteroatoms. The summed E-state index contributed by atoms with van der Waals surface area (Å²) in [6.07, 6.45) is 3.17. The van der Waals surface area contributed by atoms with Crippen molar-refractivity contribution < 1.29 is 9.59 Å². The van der Waals surface area contributed by atoms with Crippen LogP contribution in [0.4, 0.5) is 5.69 Å². The number of amides is 2. The van der Waals surface area contributed by atoms with Gasteiger partial charge in [0.05, 0.1) is 23.1 Å². The molecular formula is C24H23N5O2. The lowest BCUT2D eigenvalue weighted by atomic mass is 10.2. The first kappa shape index (κ1) is 20.3. The molecule has 7 nitrogen and oxygen atoms in total. The molecule has 0 unspecified atom stereocenters. The van der Waals surface area contributed by atoms with Crippen LogP contribution in [0.5, 0.6) is 0 Å². The van der Waals surface area contributed by atoms with Gasteiger partial charge in [-0.3, -0.25) is 14.6 Å². The maximum Gasteiger partial charge on any atom is 0.255 e. The van der Waals surface area contributed by atoms with Gasteiger partial charge in [0.15, 0.2) is 0 Å². The van der Waals surface area contributed by atoms with Gasteiger partial charge < -0.3 is 14.4 Å². The predicted molar refractivity (Wildman–Crippen MR) is 120 cm³/mol. The summed E-state index contributed by atoms with van der Waals surface area (Å²) in [7, 11) is 3.48. The molecule has 4 aromatic rings. The van der Waals surface area contributed by atoms with Gasteiger partial charge in [-0.15, -0.1) is 0 Å². The van der Waals surface area contributed by atoms with E-state index in [1.165, 1.54) is 0 Å². The Bertz CT molecular complexity index is 1200. The minimum absolute atomic E-state index is 0.0724. The van der Waals surface area contributed by atoms with Crippen LogP contribution in [0.1, 0.15) is 16.2 Å². The fourth-order valence-corrected chi connectivity index (χ4v) is 3.45. The molecule has 0 aliphatic heterocycles. The minimum Gasteiger partial charge on any atom is -0.334 e. The largest absolute Gasteiger partial charge is 0.334 e. The fraction of sp³-hybridized carbons (Fsp3) is 0.167. The van der Waals surface area contributed by atoms with E-state index in [4.69, 9.17) is 4.98 Å². The summed E-state index contributed by atoms with van der Waals surface area (Å²) in [6, 6.07) is 20.6. The topological polar surface area (TPSA) is 71.3 Å². The van der Waals surface area contributed by atoms with E-state index in [1.54, 1.807) is 48.4 Å². The number of nitrogens with zero attached hydrogens (tertiary/aromatic N) is 5. The lowest BCUT2D eigenvalue weighted by molar-refractivity contribution is -0.118. The van der Waals surface area contributed by atoms with Crippen molar-refractivity contribution in [2.75, 3.05) is 19.0 Å². The summed E-state index contributed by atoms with van der Waals surface area (Å²) in [5, 5.41) is 0. The van der Waals surface area contributed by atoms with Gasteiger partial charge >= 0.3 is 0 Å². The Hall–Kier alpha value is -4.00. The zero-order valence-electron chi connectivity index (χ0n) is 17.5. The molecule has 2 amide bonds. The molecule has 0 saturated heterocycles. The number of para-hydroxylation sites is 3. The standard InChI is InChI=1S/C24H23N5O2/c1-27(24(31)18-9-8-14-25-15-18)16-22-26-20-12-6-7-13-21(20)29(22)17-23(30)28(2)19-10-4-3-5-11-19/h3-15H,16-17H2,1-2H3. The number of anilines is 1. The highest BCUT2D eigenvalue weighted by Gasteiger charge is 2.20. The van der Waals surface area contributed by atoms with Crippen LogP contribution in [0.25, 0.3) is 11.0 Å². The molecule has 0 N–H and O–H groups in total. The van der Waals surface area contributed by atoms with Gasteiger partial charge in [0.25, 0.3) is 5.91 Å². The summed E-state index contributed by atoms with van der Waals surface area (Å²) >= 11 is 0. The first-order chi connectivity index (χ1) is 15.0. The predicted octanol–water partition coefficient (Wildman–Crippen LogP) is 3.37. The highest BCUT2D eigenvalue weighted by molar-refractivity contribution is 5.94. The summed E-state index contributed by atoms with van der Waals surface area (Å²) in [6.45, 7) is 0.390. The molecule has 0 bridgehead atoms. The number of pyridine rings is 1. The average molecular weight is 413 g/mol. The molecule has 0 saturated carbocycles. The fourth-order valence-electron chi connectivity index (χ4n) is 3.45. The van der Waals surface area contributed by atoms with E-state index in [1.807, 2.05) is 59.2 Å². The minimum atomic E-state index is -0.153. The molecule has 0 spiro atoms. The quantitative estimate of drug-likeness (QED) is 0.486. The van der Waals surface area contributed by atoms with Gasteiger partial charge in [-0.2, -0.15) is 0 Å². The van der Waals surface area contributed by atoms with Crippen LogP contribution in [0.3, 0.4) is 0 Å². The van der Waals surface area contributed by atoms with Crippen LogP contribution < -0.4 is 4.90 Å². The third-order valence-electron chi connectivity index (χ3n) is 5.18. The number of fused-ring (bicyclic) bond motifs is 1. The number of rotatable bonds is 6. The molecule has 0 atom stereocenters. The molecule has 2 aromatic carbocycles. The zero-order valence-corrected chi connectivity index (χ0v) is 17.5. The van der Waals surface area contributed by atoms with Gasteiger partial charge in [0.2, 0.25) is 5.91 Å². The lowest BCUT2D eigenvalue weighted by Gasteiger charge is -2.20. The van der Waals surface area contributed by atoms with E-state index in [-0.39, 0.29) is 24.9 Å². The van der Waals surface area contributed by atoms with Gasteiger partial charge in [-0.25, -0.2) is 4.98 Å². The summed E-state index contributed by atoms with van der Waals surface area (Å²) in [4.78, 5) is 37.7. The van der Waals surface area contributed by atoms with E-state index >= 15 is 0 Å². The van der Waals surface area contributed by atoms with Crippen molar-refractivity contribution in [3.8, 4) is 0 Å². The molecule has 0 aliphatic rings. The SMILES string of the molecule is CN(Cc1nc2ccccc2n1CC(=O)N(C)c1ccccc1)C(=O)c1cccnc1. The van der Waals surface area contributed by atoms with Crippen LogP contribution in [0.2, 0.25) is 0 Å². The molecule has 0 fully saturated rings. The van der Waals surface area contributed by atoms with Crippen molar-refractivity contribution in [1.82, 2.24) is 19.4 Å². The summed E-state index contributed by atoms with van der Waals surface area (Å²) in [5.41, 5.74) is 2.97. The molecule has 0 aliphatic carbocycles. The van der Waals surface area contributed by atoms with E-state index in [0.29, 0.717) is 11.4 Å². The van der Waals surface area contributed by atoms with Crippen LogP contribution >= 0.6 is 0 Å². The maximum atomic E-state index is 13.0. The molecule has 156 valence electrons. The van der Waals surface area contributed by atoms with Gasteiger partial charge in [-0.1, -0.05) is 30.3 Å². The molecule has 0 radical (unpaired) electrons. The van der Waals surface area contributed by atoms with Crippen molar-refractivity contribution in [3.05, 3.63) is 90.5 Å². The monoisotopic (exact) mass is 413 g/mol. The van der Waals surface area contributed by atoms with Crippen molar-refractivity contribution in [3.63, 3.8) is 0 Å². The summed E-state index contributed by atoms with van der Waals surface area (Å²) in [5.74, 6) is 0.423. The second-order valence-electron chi connectivity index (χ2n) is 7.29. The number of benzene rings is 2. The molecule has 2 aromatic heterocycles. The molecule has 31 heavy (non-hydrogen) atoms. The molecular weight excluding hydrogens is 390 g/mol. The number of aromatic nitrogens is 3. The van der Waals surface area contributed by atoms with Crippen molar-refractivity contribution in [2.45, 2.75) is 13.1 Å². The number of carbonyl (C=O) groups excluding carboxylic acids is 2. The van der Waals surface area contributed by atoms with E-state index in [0.717, 1.165) is 16.7 Å². The highest BCUT2D eigenvalue weighted by Crippen LogP contribution is 2.19. The lowest BCUT2D eigenvalue weighted by Crippen LogP contribution is -2.32. The highest BCUT2D eigenvalue weighted by atomic mass is 16.2. The third-order valence-corrected chi connectivity index (χ3v) is 5.18. The first-order valence-electron chi connectivity index (χ1n) is 9.96. The van der Waals surface area contributed by atoms with Crippen molar-refractivity contribution in [2.24, 2.45) is 0 Å². The smallest absolute Gasteiger partial charge is 0.255 e. The van der Waals surface area contributed by atoms with Crippen LogP contribution in [-0.4, -0.2) is 45.3 Å². The maximum absolute atomic E-state index is 13.0. The van der Waals surface area contributed by atoms with Crippen molar-refractivity contribution >= 4 is 28.5 Å². The van der Waals surface area contributed by atoms with Crippen LogP contribution in [0, 0.1) is 0 Å². The van der Waals surface area contributed by atoms with Crippen LogP contribution in [-0.2, 0) is 17.9 Å². The first-order valence-corrected chi connectivity index (χ1v) is 9.96. The Morgan fingerprint density at radius 3 is 2.42 bits per heavy atom. The number of likely N-dealkylation sites (N-methyl/N-ethyl adjacent to an activating group) is 1. The summed E-state index contributed by atoms with van der Waals surface area (Å²) < 4.78 is 1.88. The van der Waals surface area contributed by atoms with Gasteiger partial charge in [0, 0.05) is 32.2 Å². The van der Waals surface area contributed by atoms with Gasteiger partial charge in [0.1, 0.15) is 12.4 Å². The van der Waals surface area contributed by atoms with E-state index < -0.39 is 0 Å². The third kappa shape index (κ3) is 4.30. The van der Waals surface area contributed by atoms with Gasteiger partial charge in [-0.05, 0) is 36.4 Å². The second kappa shape index (κ2) is 8.79.